The van der Waals surface area contributed by atoms with Crippen molar-refractivity contribution in [3.05, 3.63) is 59.3 Å². The van der Waals surface area contributed by atoms with Gasteiger partial charge in [0.25, 0.3) is 0 Å². The van der Waals surface area contributed by atoms with Gasteiger partial charge in [-0.2, -0.15) is 0 Å². The number of nitrogens with one attached hydrogen (secondary N) is 1. The van der Waals surface area contributed by atoms with E-state index in [1.807, 2.05) is 0 Å². The summed E-state index contributed by atoms with van der Waals surface area (Å²) < 4.78 is 22.8. The second kappa shape index (κ2) is 8.81. The number of likely N-dealkylation sites (tertiary alicyclic amines) is 1. The van der Waals surface area contributed by atoms with Crippen LogP contribution >= 0.6 is 0 Å². The number of hydrogen-bond donors (Lipinski definition) is 1. The van der Waals surface area contributed by atoms with Gasteiger partial charge < -0.3 is 14.5 Å². The highest BCUT2D eigenvalue weighted by Gasteiger charge is 2.26. The molecule has 3 rings (SSSR count). The molecule has 1 amide bonds. The third-order valence-corrected chi connectivity index (χ3v) is 4.85. The molecule has 0 spiro atoms. The van der Waals surface area contributed by atoms with E-state index in [0.717, 1.165) is 37.1 Å². The summed E-state index contributed by atoms with van der Waals surface area (Å²) in [5.41, 5.74) is 1.67. The molecule has 1 N–H and O–H groups in total. The first-order valence-electron chi connectivity index (χ1n) is 8.96. The van der Waals surface area contributed by atoms with Crippen LogP contribution in [0.3, 0.4) is 0 Å². The summed E-state index contributed by atoms with van der Waals surface area (Å²) in [4.78, 5) is 26.2. The highest BCUT2D eigenvalue weighted by Crippen LogP contribution is 2.21. The van der Waals surface area contributed by atoms with Gasteiger partial charge in [0.1, 0.15) is 5.82 Å². The highest BCUT2D eigenvalue weighted by molar-refractivity contribution is 5.87. The number of hydrogen-bond acceptors (Lipinski definition) is 5. The van der Waals surface area contributed by atoms with Crippen molar-refractivity contribution in [2.75, 3.05) is 20.2 Å². The van der Waals surface area contributed by atoms with Crippen LogP contribution in [-0.2, 0) is 22.6 Å². The summed E-state index contributed by atoms with van der Waals surface area (Å²) in [5, 5.41) is 2.92. The van der Waals surface area contributed by atoms with Crippen LogP contribution in [0.15, 0.2) is 41.0 Å². The van der Waals surface area contributed by atoms with Crippen LogP contribution in [0.5, 0.6) is 0 Å². The van der Waals surface area contributed by atoms with Crippen molar-refractivity contribution in [1.29, 1.82) is 0 Å². The van der Waals surface area contributed by atoms with Gasteiger partial charge in [-0.1, -0.05) is 12.1 Å². The molecule has 7 heteroatoms. The first-order chi connectivity index (χ1) is 13.1. The molecular formula is C20H23FN2O4. The molecule has 0 aliphatic carbocycles. The van der Waals surface area contributed by atoms with E-state index in [4.69, 9.17) is 9.15 Å². The van der Waals surface area contributed by atoms with Crippen molar-refractivity contribution < 1.29 is 23.1 Å². The zero-order valence-corrected chi connectivity index (χ0v) is 15.2. The highest BCUT2D eigenvalue weighted by atomic mass is 19.1. The Labute approximate surface area is 157 Å². The number of carbonyl (C=O) groups is 2. The number of halogens is 1. The van der Waals surface area contributed by atoms with Crippen LogP contribution in [0.1, 0.15) is 34.5 Å². The predicted molar refractivity (Wildman–Crippen MR) is 96.3 cm³/mol. The monoisotopic (exact) mass is 374 g/mol. The van der Waals surface area contributed by atoms with E-state index in [-0.39, 0.29) is 23.4 Å². The minimum atomic E-state index is -0.481. The lowest BCUT2D eigenvalue weighted by Gasteiger charge is -2.31. The van der Waals surface area contributed by atoms with Gasteiger partial charge >= 0.3 is 5.97 Å². The minimum Gasteiger partial charge on any atom is -0.463 e. The van der Waals surface area contributed by atoms with E-state index in [2.05, 4.69) is 10.2 Å². The van der Waals surface area contributed by atoms with Gasteiger partial charge in [-0.3, -0.25) is 9.69 Å². The van der Waals surface area contributed by atoms with Gasteiger partial charge in [0.05, 0.1) is 13.4 Å². The molecule has 0 saturated carbocycles. The molecule has 1 saturated heterocycles. The Balaban J connectivity index is 1.46. The van der Waals surface area contributed by atoms with E-state index < -0.39 is 5.97 Å². The third kappa shape index (κ3) is 4.95. The Morgan fingerprint density at radius 3 is 2.59 bits per heavy atom. The number of nitrogens with zero attached hydrogens (tertiary/aromatic N) is 1. The van der Waals surface area contributed by atoms with Crippen molar-refractivity contribution in [2.45, 2.75) is 25.9 Å². The van der Waals surface area contributed by atoms with Crippen LogP contribution in [0.25, 0.3) is 0 Å². The maximum absolute atomic E-state index is 12.9. The molecule has 0 radical (unpaired) electrons. The Bertz CT molecular complexity index is 780. The molecule has 0 unspecified atom stereocenters. The second-order valence-electron chi connectivity index (χ2n) is 6.66. The molecule has 1 aromatic carbocycles. The standard InChI is InChI=1S/C20H23FN2O4/c1-26-20(25)18-16(8-11-27-18)13-23-9-6-15(7-10-23)19(24)22-12-14-2-4-17(21)5-3-14/h2-5,8,11,15H,6-7,9-10,12-13H2,1H3,(H,22,24). The quantitative estimate of drug-likeness (QED) is 0.787. The summed E-state index contributed by atoms with van der Waals surface area (Å²) in [6, 6.07) is 7.88. The minimum absolute atomic E-state index is 0.0255. The van der Waals surface area contributed by atoms with E-state index in [1.165, 1.54) is 25.5 Å². The average molecular weight is 374 g/mol. The molecule has 1 aliphatic rings. The zero-order chi connectivity index (χ0) is 19.2. The lowest BCUT2D eigenvalue weighted by atomic mass is 9.95. The number of esters is 1. The number of ether oxygens (including phenoxy) is 1. The molecule has 1 fully saturated rings. The largest absolute Gasteiger partial charge is 0.463 e. The van der Waals surface area contributed by atoms with Crippen molar-refractivity contribution in [3.63, 3.8) is 0 Å². The Morgan fingerprint density at radius 1 is 1.22 bits per heavy atom. The predicted octanol–water partition coefficient (Wildman–Crippen LogP) is 2.73. The average Bonchev–Trinajstić information content (AvgIpc) is 3.15. The molecule has 0 bridgehead atoms. The van der Waals surface area contributed by atoms with Crippen molar-refractivity contribution in [3.8, 4) is 0 Å². The Hall–Kier alpha value is -2.67. The van der Waals surface area contributed by atoms with Crippen molar-refractivity contribution in [1.82, 2.24) is 10.2 Å². The first kappa shape index (κ1) is 19.1. The van der Waals surface area contributed by atoms with Gasteiger partial charge in [0.15, 0.2) is 0 Å². The van der Waals surface area contributed by atoms with Crippen LogP contribution in [-0.4, -0.2) is 37.0 Å². The lowest BCUT2D eigenvalue weighted by molar-refractivity contribution is -0.126. The molecule has 1 aromatic heterocycles. The van der Waals surface area contributed by atoms with Crippen LogP contribution < -0.4 is 5.32 Å². The molecule has 27 heavy (non-hydrogen) atoms. The summed E-state index contributed by atoms with van der Waals surface area (Å²) in [6.07, 6.45) is 2.98. The SMILES string of the molecule is COC(=O)c1occc1CN1CCC(C(=O)NCc2ccc(F)cc2)CC1. The fourth-order valence-electron chi connectivity index (χ4n) is 3.26. The summed E-state index contributed by atoms with van der Waals surface area (Å²) in [5.74, 6) is -0.546. The number of rotatable bonds is 6. The van der Waals surface area contributed by atoms with Crippen molar-refractivity contribution >= 4 is 11.9 Å². The molecule has 6 nitrogen and oxygen atoms in total. The number of carbonyl (C=O) groups excluding carboxylic acids is 2. The van der Waals surface area contributed by atoms with E-state index in [9.17, 15) is 14.0 Å². The number of amides is 1. The van der Waals surface area contributed by atoms with E-state index in [1.54, 1.807) is 18.2 Å². The van der Waals surface area contributed by atoms with Gasteiger partial charge in [0.2, 0.25) is 11.7 Å². The number of piperidine rings is 1. The Kier molecular flexibility index (Phi) is 6.24. The molecular weight excluding hydrogens is 351 g/mol. The van der Waals surface area contributed by atoms with Crippen molar-refractivity contribution in [2.24, 2.45) is 5.92 Å². The zero-order valence-electron chi connectivity index (χ0n) is 15.2. The van der Waals surface area contributed by atoms with Gasteiger partial charge in [0, 0.05) is 24.6 Å². The van der Waals surface area contributed by atoms with Gasteiger partial charge in [-0.05, 0) is 49.7 Å². The number of furan rings is 1. The summed E-state index contributed by atoms with van der Waals surface area (Å²) in [7, 11) is 1.32. The van der Waals surface area contributed by atoms with E-state index in [0.29, 0.717) is 13.1 Å². The third-order valence-electron chi connectivity index (χ3n) is 4.85. The molecule has 2 heterocycles. The van der Waals surface area contributed by atoms with Gasteiger partial charge in [-0.15, -0.1) is 0 Å². The number of methoxy groups -OCH3 is 1. The maximum Gasteiger partial charge on any atom is 0.374 e. The normalized spacial score (nSPS) is 15.5. The Morgan fingerprint density at radius 2 is 1.93 bits per heavy atom. The fourth-order valence-corrected chi connectivity index (χ4v) is 3.26. The first-order valence-corrected chi connectivity index (χ1v) is 8.96. The number of benzene rings is 1. The molecule has 144 valence electrons. The summed E-state index contributed by atoms with van der Waals surface area (Å²) >= 11 is 0. The fraction of sp³-hybridized carbons (Fsp3) is 0.400. The molecule has 0 atom stereocenters. The topological polar surface area (TPSA) is 71.8 Å². The van der Waals surface area contributed by atoms with E-state index >= 15 is 0 Å². The lowest BCUT2D eigenvalue weighted by Crippen LogP contribution is -2.40. The smallest absolute Gasteiger partial charge is 0.374 e. The molecule has 1 aliphatic heterocycles. The van der Waals surface area contributed by atoms with Crippen LogP contribution in [0, 0.1) is 11.7 Å². The molecule has 2 aromatic rings. The summed E-state index contributed by atoms with van der Waals surface area (Å²) in [6.45, 7) is 2.52. The maximum atomic E-state index is 12.9. The van der Waals surface area contributed by atoms with Crippen LogP contribution in [0.2, 0.25) is 0 Å². The second-order valence-corrected chi connectivity index (χ2v) is 6.66. The van der Waals surface area contributed by atoms with Crippen LogP contribution in [0.4, 0.5) is 4.39 Å². The van der Waals surface area contributed by atoms with Gasteiger partial charge in [-0.25, -0.2) is 9.18 Å².